The van der Waals surface area contributed by atoms with Gasteiger partial charge >= 0.3 is 0 Å². The average molecular weight is 387 g/mol. The summed E-state index contributed by atoms with van der Waals surface area (Å²) in [7, 11) is 3.17. The van der Waals surface area contributed by atoms with Gasteiger partial charge in [-0.15, -0.1) is 0 Å². The molecule has 1 aliphatic carbocycles. The Balaban J connectivity index is 1.53. The third-order valence-electron chi connectivity index (χ3n) is 4.70. The lowest BCUT2D eigenvalue weighted by Gasteiger charge is -2.05. The molecule has 0 bridgehead atoms. The molecule has 27 heavy (non-hydrogen) atoms. The van der Waals surface area contributed by atoms with Gasteiger partial charge in [0.15, 0.2) is 0 Å². The van der Waals surface area contributed by atoms with Gasteiger partial charge in [0.25, 0.3) is 0 Å². The minimum atomic E-state index is -0.0333. The third kappa shape index (κ3) is 3.61. The van der Waals surface area contributed by atoms with E-state index in [2.05, 4.69) is 20.3 Å². The second kappa shape index (κ2) is 7.17. The zero-order valence-electron chi connectivity index (χ0n) is 15.0. The van der Waals surface area contributed by atoms with Crippen LogP contribution in [0.5, 0.6) is 5.88 Å². The van der Waals surface area contributed by atoms with Crippen LogP contribution in [0, 0.1) is 5.92 Å². The first-order valence-electron chi connectivity index (χ1n) is 8.57. The van der Waals surface area contributed by atoms with Gasteiger partial charge in [-0.1, -0.05) is 11.6 Å². The van der Waals surface area contributed by atoms with E-state index in [1.807, 2.05) is 18.2 Å². The van der Waals surface area contributed by atoms with Gasteiger partial charge in [0, 0.05) is 29.3 Å². The van der Waals surface area contributed by atoms with Crippen molar-refractivity contribution in [1.29, 1.82) is 0 Å². The molecule has 1 aromatic carbocycles. The average Bonchev–Trinajstić information content (AvgIpc) is 3.38. The summed E-state index contributed by atoms with van der Waals surface area (Å²) in [5.41, 5.74) is 3.25. The van der Waals surface area contributed by atoms with E-state index in [0.29, 0.717) is 23.1 Å². The van der Waals surface area contributed by atoms with Crippen molar-refractivity contribution in [3.63, 3.8) is 0 Å². The van der Waals surface area contributed by atoms with E-state index >= 15 is 0 Å². The summed E-state index contributed by atoms with van der Waals surface area (Å²) >= 11 is 6.43. The van der Waals surface area contributed by atoms with Crippen LogP contribution in [0.25, 0.3) is 22.2 Å². The van der Waals surface area contributed by atoms with Gasteiger partial charge in [0.1, 0.15) is 0 Å². The molecule has 0 aliphatic heterocycles. The highest BCUT2D eigenvalue weighted by molar-refractivity contribution is 6.34. The van der Waals surface area contributed by atoms with E-state index in [-0.39, 0.29) is 17.9 Å². The molecule has 3 aromatic rings. The number of halogens is 1. The summed E-state index contributed by atoms with van der Waals surface area (Å²) in [4.78, 5) is 23.9. The van der Waals surface area contributed by atoms with Crippen LogP contribution in [-0.2, 0) is 16.1 Å². The summed E-state index contributed by atoms with van der Waals surface area (Å²) < 4.78 is 10.2. The van der Waals surface area contributed by atoms with Crippen molar-refractivity contribution in [3.05, 3.63) is 41.3 Å². The number of aromatic amines is 1. The van der Waals surface area contributed by atoms with Crippen molar-refractivity contribution in [2.24, 2.45) is 5.92 Å². The number of ether oxygens (including phenoxy) is 2. The van der Waals surface area contributed by atoms with Crippen LogP contribution in [0.4, 0.5) is 0 Å². The minimum Gasteiger partial charge on any atom is -0.480 e. The van der Waals surface area contributed by atoms with Gasteiger partial charge in [-0.05, 0) is 24.6 Å². The third-order valence-corrected chi connectivity index (χ3v) is 5.01. The van der Waals surface area contributed by atoms with Crippen molar-refractivity contribution >= 4 is 28.4 Å². The summed E-state index contributed by atoms with van der Waals surface area (Å²) in [6, 6.07) is 5.79. The predicted octanol–water partition coefficient (Wildman–Crippen LogP) is 2.94. The highest BCUT2D eigenvalue weighted by Crippen LogP contribution is 2.33. The molecular weight excluding hydrogens is 368 g/mol. The maximum absolute atomic E-state index is 12.1. The maximum atomic E-state index is 12.1. The zero-order chi connectivity index (χ0) is 19.0. The molecule has 0 radical (unpaired) electrons. The van der Waals surface area contributed by atoms with E-state index in [0.717, 1.165) is 28.6 Å². The van der Waals surface area contributed by atoms with Crippen molar-refractivity contribution < 1.29 is 14.3 Å². The first-order valence-corrected chi connectivity index (χ1v) is 8.95. The second-order valence-electron chi connectivity index (χ2n) is 6.49. The lowest BCUT2D eigenvalue weighted by Crippen LogP contribution is -2.25. The van der Waals surface area contributed by atoms with E-state index < -0.39 is 0 Å². The van der Waals surface area contributed by atoms with Crippen LogP contribution in [0.2, 0.25) is 5.02 Å². The second-order valence-corrected chi connectivity index (χ2v) is 6.90. The molecule has 0 unspecified atom stereocenters. The minimum absolute atomic E-state index is 0.0211. The van der Waals surface area contributed by atoms with Crippen LogP contribution in [-0.4, -0.2) is 41.2 Å². The lowest BCUT2D eigenvalue weighted by molar-refractivity contribution is -0.123. The van der Waals surface area contributed by atoms with Gasteiger partial charge in [-0.3, -0.25) is 4.79 Å². The van der Waals surface area contributed by atoms with Crippen LogP contribution < -0.4 is 10.1 Å². The quantitative estimate of drug-likeness (QED) is 0.680. The van der Waals surface area contributed by atoms with Crippen LogP contribution in [0.1, 0.15) is 12.1 Å². The molecule has 2 atom stereocenters. The molecular formula is C19H19ClN4O3. The number of nitrogens with one attached hydrogen (secondary N) is 2. The molecule has 0 saturated heterocycles. The Kier molecular flexibility index (Phi) is 4.72. The summed E-state index contributed by atoms with van der Waals surface area (Å²) in [5.74, 6) is 0.432. The zero-order valence-corrected chi connectivity index (χ0v) is 15.7. The van der Waals surface area contributed by atoms with E-state index in [9.17, 15) is 4.79 Å². The SMILES string of the molecule is COc1cnc(-c2cc3[nH]c(CNC(=O)[C@@H]4C[C@H]4OC)cc3cc2Cl)cn1. The number of rotatable bonds is 6. The number of hydrogen-bond donors (Lipinski definition) is 2. The predicted molar refractivity (Wildman–Crippen MR) is 102 cm³/mol. The Morgan fingerprint density at radius 2 is 2.15 bits per heavy atom. The fourth-order valence-electron chi connectivity index (χ4n) is 3.09. The highest BCUT2D eigenvalue weighted by Gasteiger charge is 2.43. The number of carbonyl (C=O) groups is 1. The number of hydrogen-bond acceptors (Lipinski definition) is 5. The van der Waals surface area contributed by atoms with E-state index in [1.165, 1.54) is 0 Å². The number of fused-ring (bicyclic) bond motifs is 1. The Bertz CT molecular complexity index is 987. The molecule has 8 heteroatoms. The standard InChI is InChI=1S/C19H19ClN4O3/c1-26-17-6-13(17)19(25)23-7-11-3-10-4-14(20)12(5-15(10)24-11)16-8-22-18(27-2)9-21-16/h3-5,8-9,13,17,24H,6-7H2,1-2H3,(H,23,25)/t13-,17-/m1/s1. The molecule has 1 amide bonds. The highest BCUT2D eigenvalue weighted by atomic mass is 35.5. The number of carbonyl (C=O) groups excluding carboxylic acids is 1. The molecule has 0 spiro atoms. The first kappa shape index (κ1) is 17.8. The molecule has 1 saturated carbocycles. The van der Waals surface area contributed by atoms with Gasteiger partial charge < -0.3 is 19.8 Å². The molecule has 2 aromatic heterocycles. The molecule has 1 aliphatic rings. The van der Waals surface area contributed by atoms with Gasteiger partial charge in [0.05, 0.1) is 48.8 Å². The smallest absolute Gasteiger partial charge is 0.232 e. The molecule has 2 N–H and O–H groups in total. The van der Waals surface area contributed by atoms with Gasteiger partial charge in [0.2, 0.25) is 11.8 Å². The lowest BCUT2D eigenvalue weighted by atomic mass is 10.1. The van der Waals surface area contributed by atoms with E-state index in [4.69, 9.17) is 21.1 Å². The van der Waals surface area contributed by atoms with Crippen LogP contribution in [0.3, 0.4) is 0 Å². The normalized spacial score (nSPS) is 18.5. The van der Waals surface area contributed by atoms with Crippen LogP contribution in [0.15, 0.2) is 30.6 Å². The van der Waals surface area contributed by atoms with Gasteiger partial charge in [-0.2, -0.15) is 0 Å². The number of H-pyrrole nitrogens is 1. The molecule has 4 rings (SSSR count). The topological polar surface area (TPSA) is 89.1 Å². The first-order chi connectivity index (χ1) is 13.1. The number of nitrogens with zero attached hydrogens (tertiary/aromatic N) is 2. The molecule has 1 fully saturated rings. The number of aromatic nitrogens is 3. The Morgan fingerprint density at radius 3 is 2.81 bits per heavy atom. The molecule has 2 heterocycles. The number of benzene rings is 1. The maximum Gasteiger partial charge on any atom is 0.232 e. The fourth-order valence-corrected chi connectivity index (χ4v) is 3.36. The van der Waals surface area contributed by atoms with Crippen molar-refractivity contribution in [3.8, 4) is 17.1 Å². The number of amides is 1. The monoisotopic (exact) mass is 386 g/mol. The Labute approximate surface area is 161 Å². The summed E-state index contributed by atoms with van der Waals surface area (Å²) in [6.45, 7) is 0.426. The fraction of sp³-hybridized carbons (Fsp3) is 0.316. The van der Waals surface area contributed by atoms with Gasteiger partial charge in [-0.25, -0.2) is 9.97 Å². The van der Waals surface area contributed by atoms with Crippen molar-refractivity contribution in [2.45, 2.75) is 19.1 Å². The number of methoxy groups -OCH3 is 2. The van der Waals surface area contributed by atoms with Crippen LogP contribution >= 0.6 is 11.6 Å². The Morgan fingerprint density at radius 1 is 1.30 bits per heavy atom. The molecule has 140 valence electrons. The Hall–Kier alpha value is -2.64. The van der Waals surface area contributed by atoms with Crippen molar-refractivity contribution in [2.75, 3.05) is 14.2 Å². The summed E-state index contributed by atoms with van der Waals surface area (Å²) in [5, 5.41) is 4.49. The molecule has 7 nitrogen and oxygen atoms in total. The van der Waals surface area contributed by atoms with E-state index in [1.54, 1.807) is 26.6 Å². The largest absolute Gasteiger partial charge is 0.480 e. The summed E-state index contributed by atoms with van der Waals surface area (Å²) in [6.07, 6.45) is 4.02. The van der Waals surface area contributed by atoms with Crippen molar-refractivity contribution in [1.82, 2.24) is 20.3 Å².